The number of benzene rings is 1. The minimum absolute atomic E-state index is 0.124. The number of carbonyl (C=O) groups is 1. The standard InChI is InChI=1S/C18H19N5O/c1-11-7-12-3-2-6-19-17(12)16(8-11)22-18(24)21-14-4-5-15-13(9-14)10-20-23-15/h2-3,6-8,10,14H,4-5,9H2,1H3,(H,20,23)(H2,21,22,24). The van der Waals surface area contributed by atoms with Gasteiger partial charge in [-0.2, -0.15) is 5.10 Å². The molecule has 0 fully saturated rings. The van der Waals surface area contributed by atoms with Crippen LogP contribution in [-0.2, 0) is 12.8 Å². The molecule has 1 unspecified atom stereocenters. The Bertz CT molecular complexity index is 901. The van der Waals surface area contributed by atoms with E-state index in [1.165, 1.54) is 11.3 Å². The molecule has 0 bridgehead atoms. The Morgan fingerprint density at radius 3 is 3.21 bits per heavy atom. The zero-order valence-corrected chi connectivity index (χ0v) is 13.5. The van der Waals surface area contributed by atoms with Crippen LogP contribution < -0.4 is 10.6 Å². The fraction of sp³-hybridized carbons (Fsp3) is 0.278. The van der Waals surface area contributed by atoms with Gasteiger partial charge in [0.15, 0.2) is 0 Å². The summed E-state index contributed by atoms with van der Waals surface area (Å²) in [5, 5.41) is 14.1. The Kier molecular flexibility index (Phi) is 3.65. The van der Waals surface area contributed by atoms with Gasteiger partial charge >= 0.3 is 6.03 Å². The second-order valence-corrected chi connectivity index (χ2v) is 6.30. The van der Waals surface area contributed by atoms with Crippen LogP contribution in [0.3, 0.4) is 0 Å². The number of urea groups is 1. The van der Waals surface area contributed by atoms with Gasteiger partial charge in [0.2, 0.25) is 0 Å². The Morgan fingerprint density at radius 1 is 1.38 bits per heavy atom. The first-order valence-corrected chi connectivity index (χ1v) is 8.13. The van der Waals surface area contributed by atoms with Crippen LogP contribution in [0.1, 0.15) is 23.2 Å². The van der Waals surface area contributed by atoms with Crippen molar-refractivity contribution < 1.29 is 4.79 Å². The third kappa shape index (κ3) is 2.82. The molecule has 1 aliphatic carbocycles. The highest BCUT2D eigenvalue weighted by Crippen LogP contribution is 2.23. The number of pyridine rings is 1. The first-order valence-electron chi connectivity index (χ1n) is 8.13. The number of aryl methyl sites for hydroxylation is 2. The van der Waals surface area contributed by atoms with Gasteiger partial charge < -0.3 is 10.6 Å². The molecule has 0 radical (unpaired) electrons. The van der Waals surface area contributed by atoms with E-state index in [1.807, 2.05) is 31.3 Å². The van der Waals surface area contributed by atoms with Crippen molar-refractivity contribution in [2.75, 3.05) is 5.32 Å². The first-order chi connectivity index (χ1) is 11.7. The van der Waals surface area contributed by atoms with E-state index in [1.54, 1.807) is 6.20 Å². The number of H-pyrrole nitrogens is 1. The van der Waals surface area contributed by atoms with Gasteiger partial charge in [-0.1, -0.05) is 6.07 Å². The Morgan fingerprint density at radius 2 is 2.29 bits per heavy atom. The zero-order chi connectivity index (χ0) is 16.5. The van der Waals surface area contributed by atoms with Gasteiger partial charge in [-0.25, -0.2) is 4.79 Å². The third-order valence-corrected chi connectivity index (χ3v) is 4.45. The molecule has 0 saturated carbocycles. The predicted octanol–water partition coefficient (Wildman–Crippen LogP) is 2.95. The number of nitrogens with one attached hydrogen (secondary N) is 3. The maximum atomic E-state index is 12.4. The Labute approximate surface area is 139 Å². The van der Waals surface area contributed by atoms with E-state index >= 15 is 0 Å². The van der Waals surface area contributed by atoms with Crippen LogP contribution in [0.5, 0.6) is 0 Å². The Hall–Kier alpha value is -2.89. The summed E-state index contributed by atoms with van der Waals surface area (Å²) >= 11 is 0. The van der Waals surface area contributed by atoms with Crippen LogP contribution in [0, 0.1) is 6.92 Å². The summed E-state index contributed by atoms with van der Waals surface area (Å²) in [4.78, 5) is 16.8. The van der Waals surface area contributed by atoms with E-state index in [0.717, 1.165) is 41.4 Å². The second-order valence-electron chi connectivity index (χ2n) is 6.30. The molecule has 2 aromatic heterocycles. The van der Waals surface area contributed by atoms with E-state index in [0.29, 0.717) is 0 Å². The smallest absolute Gasteiger partial charge is 0.319 e. The molecule has 1 aliphatic rings. The lowest BCUT2D eigenvalue weighted by atomic mass is 9.94. The number of fused-ring (bicyclic) bond motifs is 2. The number of nitrogens with zero attached hydrogens (tertiary/aromatic N) is 2. The van der Waals surface area contributed by atoms with E-state index < -0.39 is 0 Å². The molecule has 0 saturated heterocycles. The molecule has 3 N–H and O–H groups in total. The lowest BCUT2D eigenvalue weighted by Gasteiger charge is -2.23. The highest BCUT2D eigenvalue weighted by atomic mass is 16.2. The molecular weight excluding hydrogens is 302 g/mol. The maximum absolute atomic E-state index is 12.4. The van der Waals surface area contributed by atoms with Gasteiger partial charge in [0.1, 0.15) is 0 Å². The summed E-state index contributed by atoms with van der Waals surface area (Å²) in [5.74, 6) is 0. The summed E-state index contributed by atoms with van der Waals surface area (Å²) in [6.07, 6.45) is 6.22. The SMILES string of the molecule is Cc1cc(NC(=O)NC2CCc3[nH]ncc3C2)c2ncccc2c1. The normalized spacial score (nSPS) is 16.6. The molecule has 2 heterocycles. The quantitative estimate of drug-likeness (QED) is 0.678. The molecule has 0 aliphatic heterocycles. The van der Waals surface area contributed by atoms with Gasteiger partial charge in [-0.3, -0.25) is 10.1 Å². The molecule has 3 aromatic rings. The molecule has 6 nitrogen and oxygen atoms in total. The van der Waals surface area contributed by atoms with Gasteiger partial charge in [0.05, 0.1) is 17.4 Å². The van der Waals surface area contributed by atoms with E-state index in [2.05, 4.69) is 31.9 Å². The molecule has 1 atom stereocenters. The number of aromatic nitrogens is 3. The molecule has 2 amide bonds. The average molecular weight is 321 g/mol. The molecule has 122 valence electrons. The number of hydrogen-bond acceptors (Lipinski definition) is 3. The topological polar surface area (TPSA) is 82.7 Å². The summed E-state index contributed by atoms with van der Waals surface area (Å²) < 4.78 is 0. The van der Waals surface area contributed by atoms with Crippen LogP contribution in [0.15, 0.2) is 36.7 Å². The Balaban J connectivity index is 1.49. The highest BCUT2D eigenvalue weighted by molar-refractivity contribution is 6.00. The van der Waals surface area contributed by atoms with Crippen molar-refractivity contribution in [1.29, 1.82) is 0 Å². The molecule has 1 aromatic carbocycles. The summed E-state index contributed by atoms with van der Waals surface area (Å²) in [7, 11) is 0. The van der Waals surface area contributed by atoms with E-state index in [9.17, 15) is 4.79 Å². The fourth-order valence-corrected chi connectivity index (χ4v) is 3.32. The predicted molar refractivity (Wildman–Crippen MR) is 93.0 cm³/mol. The van der Waals surface area contributed by atoms with Crippen LogP contribution in [-0.4, -0.2) is 27.3 Å². The van der Waals surface area contributed by atoms with Crippen molar-refractivity contribution in [3.05, 3.63) is 53.5 Å². The minimum Gasteiger partial charge on any atom is -0.335 e. The third-order valence-electron chi connectivity index (χ3n) is 4.45. The van der Waals surface area contributed by atoms with E-state index in [4.69, 9.17) is 0 Å². The average Bonchev–Trinajstić information content (AvgIpc) is 3.02. The fourth-order valence-electron chi connectivity index (χ4n) is 3.32. The van der Waals surface area contributed by atoms with Gasteiger partial charge in [-0.05, 0) is 55.5 Å². The van der Waals surface area contributed by atoms with Crippen LogP contribution in [0.4, 0.5) is 10.5 Å². The molecule has 24 heavy (non-hydrogen) atoms. The largest absolute Gasteiger partial charge is 0.335 e. The lowest BCUT2D eigenvalue weighted by molar-refractivity contribution is 0.247. The number of rotatable bonds is 2. The molecular formula is C18H19N5O. The molecule has 4 rings (SSSR count). The van der Waals surface area contributed by atoms with Crippen molar-refractivity contribution in [1.82, 2.24) is 20.5 Å². The summed E-state index contributed by atoms with van der Waals surface area (Å²) in [6, 6.07) is 7.84. The van der Waals surface area contributed by atoms with Crippen molar-refractivity contribution in [2.24, 2.45) is 0 Å². The number of aromatic amines is 1. The van der Waals surface area contributed by atoms with Crippen molar-refractivity contribution >= 4 is 22.6 Å². The number of anilines is 1. The van der Waals surface area contributed by atoms with Crippen molar-refractivity contribution in [3.63, 3.8) is 0 Å². The summed E-state index contributed by atoms with van der Waals surface area (Å²) in [6.45, 7) is 2.01. The van der Waals surface area contributed by atoms with Gasteiger partial charge in [0, 0.05) is 23.3 Å². The minimum atomic E-state index is -0.190. The molecule has 0 spiro atoms. The van der Waals surface area contributed by atoms with Crippen LogP contribution in [0.2, 0.25) is 0 Å². The van der Waals surface area contributed by atoms with E-state index in [-0.39, 0.29) is 12.1 Å². The zero-order valence-electron chi connectivity index (χ0n) is 13.5. The lowest BCUT2D eigenvalue weighted by Crippen LogP contribution is -2.41. The molecule has 6 heteroatoms. The van der Waals surface area contributed by atoms with Crippen molar-refractivity contribution in [3.8, 4) is 0 Å². The van der Waals surface area contributed by atoms with Crippen molar-refractivity contribution in [2.45, 2.75) is 32.2 Å². The summed E-state index contributed by atoms with van der Waals surface area (Å²) in [5.41, 5.74) is 5.00. The van der Waals surface area contributed by atoms with Gasteiger partial charge in [0.25, 0.3) is 0 Å². The number of carbonyl (C=O) groups excluding carboxylic acids is 1. The number of amides is 2. The second kappa shape index (κ2) is 5.96. The monoisotopic (exact) mass is 321 g/mol. The van der Waals surface area contributed by atoms with Gasteiger partial charge in [-0.15, -0.1) is 0 Å². The first kappa shape index (κ1) is 14.7. The van der Waals surface area contributed by atoms with Crippen LogP contribution >= 0.6 is 0 Å². The van der Waals surface area contributed by atoms with Crippen LogP contribution in [0.25, 0.3) is 10.9 Å². The maximum Gasteiger partial charge on any atom is 0.319 e. The highest BCUT2D eigenvalue weighted by Gasteiger charge is 2.21. The number of hydrogen-bond donors (Lipinski definition) is 3.